The van der Waals surface area contributed by atoms with E-state index in [9.17, 15) is 0 Å². The number of rotatable bonds is 4. The van der Waals surface area contributed by atoms with E-state index in [1.165, 1.54) is 38.9 Å². The van der Waals surface area contributed by atoms with Gasteiger partial charge in [0.05, 0.1) is 12.7 Å². The Labute approximate surface area is 99.5 Å². The number of hydrogen-bond acceptors (Lipinski definition) is 3. The molecule has 3 nitrogen and oxygen atoms in total. The Balaban J connectivity index is 1.63. The van der Waals surface area contributed by atoms with Crippen LogP contribution in [0.2, 0.25) is 0 Å². The SMILES string of the molecule is CC1CN(CCCC2CCNC2)C(C)CO1. The summed E-state index contributed by atoms with van der Waals surface area (Å²) in [5, 5.41) is 3.44. The van der Waals surface area contributed by atoms with Gasteiger partial charge in [-0.2, -0.15) is 0 Å². The number of hydrogen-bond donors (Lipinski definition) is 1. The molecule has 2 rings (SSSR count). The van der Waals surface area contributed by atoms with Gasteiger partial charge in [0.1, 0.15) is 0 Å². The van der Waals surface area contributed by atoms with Gasteiger partial charge in [0, 0.05) is 12.6 Å². The molecule has 2 aliphatic heterocycles. The molecular formula is C13H26N2O. The number of nitrogens with one attached hydrogen (secondary N) is 1. The van der Waals surface area contributed by atoms with Crippen molar-refractivity contribution >= 4 is 0 Å². The van der Waals surface area contributed by atoms with Crippen LogP contribution >= 0.6 is 0 Å². The summed E-state index contributed by atoms with van der Waals surface area (Å²) in [6, 6.07) is 0.609. The van der Waals surface area contributed by atoms with Crippen molar-refractivity contribution in [2.75, 3.05) is 32.8 Å². The Morgan fingerprint density at radius 1 is 1.38 bits per heavy atom. The van der Waals surface area contributed by atoms with Crippen LogP contribution in [0, 0.1) is 5.92 Å². The lowest BCUT2D eigenvalue weighted by atomic mass is 10.0. The average molecular weight is 226 g/mol. The second kappa shape index (κ2) is 5.99. The summed E-state index contributed by atoms with van der Waals surface area (Å²) in [4.78, 5) is 2.59. The zero-order valence-electron chi connectivity index (χ0n) is 10.7. The molecule has 94 valence electrons. The highest BCUT2D eigenvalue weighted by molar-refractivity contribution is 4.76. The summed E-state index contributed by atoms with van der Waals surface area (Å²) < 4.78 is 5.65. The normalized spacial score (nSPS) is 36.8. The van der Waals surface area contributed by atoms with Crippen molar-refractivity contribution in [3.8, 4) is 0 Å². The van der Waals surface area contributed by atoms with Crippen molar-refractivity contribution in [3.05, 3.63) is 0 Å². The highest BCUT2D eigenvalue weighted by Gasteiger charge is 2.23. The molecule has 0 amide bonds. The molecule has 0 aromatic carbocycles. The van der Waals surface area contributed by atoms with E-state index in [1.54, 1.807) is 0 Å². The first kappa shape index (κ1) is 12.3. The molecule has 2 fully saturated rings. The van der Waals surface area contributed by atoms with E-state index in [0.29, 0.717) is 12.1 Å². The predicted molar refractivity (Wildman–Crippen MR) is 66.7 cm³/mol. The van der Waals surface area contributed by atoms with Crippen molar-refractivity contribution < 1.29 is 4.74 Å². The van der Waals surface area contributed by atoms with Crippen molar-refractivity contribution in [1.82, 2.24) is 10.2 Å². The first-order valence-corrected chi connectivity index (χ1v) is 6.82. The second-order valence-electron chi connectivity index (χ2n) is 5.49. The van der Waals surface area contributed by atoms with Crippen molar-refractivity contribution in [2.45, 2.75) is 45.3 Å². The Hall–Kier alpha value is -0.120. The maximum Gasteiger partial charge on any atom is 0.0674 e. The number of morpholine rings is 1. The van der Waals surface area contributed by atoms with Crippen molar-refractivity contribution in [3.63, 3.8) is 0 Å². The van der Waals surface area contributed by atoms with Crippen LogP contribution in [0.3, 0.4) is 0 Å². The van der Waals surface area contributed by atoms with E-state index < -0.39 is 0 Å². The summed E-state index contributed by atoms with van der Waals surface area (Å²) in [6.07, 6.45) is 4.55. The highest BCUT2D eigenvalue weighted by atomic mass is 16.5. The minimum atomic E-state index is 0.421. The van der Waals surface area contributed by atoms with Gasteiger partial charge in [-0.25, -0.2) is 0 Å². The number of nitrogens with zero attached hydrogens (tertiary/aromatic N) is 1. The Morgan fingerprint density at radius 3 is 3.00 bits per heavy atom. The molecule has 0 saturated carbocycles. The van der Waals surface area contributed by atoms with Gasteiger partial charge in [-0.05, 0) is 58.7 Å². The summed E-state index contributed by atoms with van der Waals surface area (Å²) in [7, 11) is 0. The molecule has 0 bridgehead atoms. The van der Waals surface area contributed by atoms with Gasteiger partial charge in [-0.15, -0.1) is 0 Å². The molecule has 2 heterocycles. The second-order valence-corrected chi connectivity index (χ2v) is 5.49. The molecule has 0 spiro atoms. The van der Waals surface area contributed by atoms with Crippen LogP contribution in [0.4, 0.5) is 0 Å². The zero-order valence-corrected chi connectivity index (χ0v) is 10.7. The fourth-order valence-corrected chi connectivity index (χ4v) is 2.83. The molecule has 0 radical (unpaired) electrons. The minimum Gasteiger partial charge on any atom is -0.376 e. The lowest BCUT2D eigenvalue weighted by Crippen LogP contribution is -2.47. The third kappa shape index (κ3) is 3.44. The third-order valence-corrected chi connectivity index (χ3v) is 3.96. The monoisotopic (exact) mass is 226 g/mol. The van der Waals surface area contributed by atoms with Crippen LogP contribution in [-0.4, -0.2) is 49.8 Å². The quantitative estimate of drug-likeness (QED) is 0.786. The maximum absolute atomic E-state index is 5.65. The van der Waals surface area contributed by atoms with Crippen molar-refractivity contribution in [1.29, 1.82) is 0 Å². The largest absolute Gasteiger partial charge is 0.376 e. The first-order chi connectivity index (χ1) is 7.75. The smallest absolute Gasteiger partial charge is 0.0674 e. The molecule has 3 atom stereocenters. The summed E-state index contributed by atoms with van der Waals surface area (Å²) in [5.41, 5.74) is 0. The Bertz CT molecular complexity index is 204. The summed E-state index contributed by atoms with van der Waals surface area (Å²) in [6.45, 7) is 10.2. The van der Waals surface area contributed by atoms with Crippen LogP contribution in [0.15, 0.2) is 0 Å². The molecule has 2 saturated heterocycles. The molecule has 0 aliphatic carbocycles. The lowest BCUT2D eigenvalue weighted by molar-refractivity contribution is -0.0498. The van der Waals surface area contributed by atoms with E-state index in [0.717, 1.165) is 19.1 Å². The first-order valence-electron chi connectivity index (χ1n) is 6.82. The van der Waals surface area contributed by atoms with Gasteiger partial charge in [0.15, 0.2) is 0 Å². The molecule has 3 unspecified atom stereocenters. The van der Waals surface area contributed by atoms with Gasteiger partial charge in [0.2, 0.25) is 0 Å². The third-order valence-electron chi connectivity index (χ3n) is 3.96. The molecule has 1 N–H and O–H groups in total. The van der Waals surface area contributed by atoms with E-state index in [2.05, 4.69) is 24.1 Å². The molecule has 16 heavy (non-hydrogen) atoms. The number of ether oxygens (including phenoxy) is 1. The van der Waals surface area contributed by atoms with E-state index >= 15 is 0 Å². The van der Waals surface area contributed by atoms with Gasteiger partial charge in [-0.1, -0.05) is 0 Å². The standard InChI is InChI=1S/C13H26N2O/c1-11-10-16-12(2)9-15(11)7-3-4-13-5-6-14-8-13/h11-14H,3-10H2,1-2H3. The summed E-state index contributed by atoms with van der Waals surface area (Å²) >= 11 is 0. The highest BCUT2D eigenvalue weighted by Crippen LogP contribution is 2.17. The molecule has 0 aromatic rings. The van der Waals surface area contributed by atoms with E-state index in [4.69, 9.17) is 4.74 Å². The molecular weight excluding hydrogens is 200 g/mol. The van der Waals surface area contributed by atoms with Gasteiger partial charge in [0.25, 0.3) is 0 Å². The fraction of sp³-hybridized carbons (Fsp3) is 1.00. The Kier molecular flexibility index (Phi) is 4.62. The fourth-order valence-electron chi connectivity index (χ4n) is 2.83. The van der Waals surface area contributed by atoms with E-state index in [1.807, 2.05) is 0 Å². The zero-order chi connectivity index (χ0) is 11.4. The predicted octanol–water partition coefficient (Wildman–Crippen LogP) is 1.49. The van der Waals surface area contributed by atoms with Crippen molar-refractivity contribution in [2.24, 2.45) is 5.92 Å². The van der Waals surface area contributed by atoms with Crippen LogP contribution in [-0.2, 0) is 4.74 Å². The topological polar surface area (TPSA) is 24.5 Å². The lowest BCUT2D eigenvalue weighted by Gasteiger charge is -2.36. The van der Waals surface area contributed by atoms with Crippen LogP contribution < -0.4 is 5.32 Å². The average Bonchev–Trinajstić information content (AvgIpc) is 2.76. The van der Waals surface area contributed by atoms with Crippen LogP contribution in [0.5, 0.6) is 0 Å². The summed E-state index contributed by atoms with van der Waals surface area (Å²) in [5.74, 6) is 0.939. The molecule has 0 aromatic heterocycles. The van der Waals surface area contributed by atoms with Crippen LogP contribution in [0.1, 0.15) is 33.1 Å². The maximum atomic E-state index is 5.65. The Morgan fingerprint density at radius 2 is 2.25 bits per heavy atom. The van der Waals surface area contributed by atoms with E-state index in [-0.39, 0.29) is 0 Å². The van der Waals surface area contributed by atoms with Gasteiger partial charge >= 0.3 is 0 Å². The minimum absolute atomic E-state index is 0.421. The van der Waals surface area contributed by atoms with Crippen LogP contribution in [0.25, 0.3) is 0 Å². The molecule has 2 aliphatic rings. The van der Waals surface area contributed by atoms with Gasteiger partial charge in [-0.3, -0.25) is 4.90 Å². The van der Waals surface area contributed by atoms with Gasteiger partial charge < -0.3 is 10.1 Å². The molecule has 3 heteroatoms.